The van der Waals surface area contributed by atoms with Gasteiger partial charge in [-0.15, -0.1) is 0 Å². The van der Waals surface area contributed by atoms with Crippen LogP contribution in [0.25, 0.3) is 11.4 Å². The van der Waals surface area contributed by atoms with E-state index in [1.54, 1.807) is 0 Å². The summed E-state index contributed by atoms with van der Waals surface area (Å²) in [7, 11) is 0. The second kappa shape index (κ2) is 9.09. The maximum Gasteiger partial charge on any atom is 0.230 e. The molecule has 1 unspecified atom stereocenters. The number of amides is 1. The molecule has 0 aliphatic carbocycles. The molecule has 6 heteroatoms. The predicted octanol–water partition coefficient (Wildman–Crippen LogP) is 5.41. The van der Waals surface area contributed by atoms with Crippen LogP contribution >= 0.6 is 0 Å². The van der Waals surface area contributed by atoms with E-state index in [4.69, 9.17) is 4.52 Å². The highest BCUT2D eigenvalue weighted by Gasteiger charge is 2.35. The first-order chi connectivity index (χ1) is 16.4. The molecule has 0 N–H and O–H groups in total. The summed E-state index contributed by atoms with van der Waals surface area (Å²) in [5.41, 5.74) is 6.70. The molecule has 1 aromatic heterocycles. The molecule has 0 spiro atoms. The van der Waals surface area contributed by atoms with Crippen LogP contribution in [0, 0.1) is 26.7 Å². The van der Waals surface area contributed by atoms with E-state index in [-0.39, 0.29) is 17.7 Å². The van der Waals surface area contributed by atoms with Crippen LogP contribution in [-0.2, 0) is 4.79 Å². The Labute approximate surface area is 201 Å². The minimum Gasteiger partial charge on any atom is -0.375 e. The zero-order valence-corrected chi connectivity index (χ0v) is 20.3. The molecule has 5 rings (SSSR count). The predicted molar refractivity (Wildman–Crippen MR) is 134 cm³/mol. The van der Waals surface area contributed by atoms with Gasteiger partial charge in [0.25, 0.3) is 0 Å². The maximum absolute atomic E-state index is 12.8. The molecule has 0 saturated carbocycles. The highest BCUT2D eigenvalue weighted by Crippen LogP contribution is 2.35. The van der Waals surface area contributed by atoms with E-state index in [0.717, 1.165) is 48.8 Å². The molecule has 1 amide bonds. The molecule has 0 radical (unpaired) electrons. The van der Waals surface area contributed by atoms with Gasteiger partial charge < -0.3 is 14.3 Å². The Morgan fingerprint density at radius 3 is 2.47 bits per heavy atom. The summed E-state index contributed by atoms with van der Waals surface area (Å²) in [6.45, 7) is 13.1. The third-order valence-electron chi connectivity index (χ3n) is 7.40. The average Bonchev–Trinajstić information content (AvgIpc) is 3.48. The molecule has 3 aromatic rings. The Morgan fingerprint density at radius 2 is 1.76 bits per heavy atom. The van der Waals surface area contributed by atoms with Crippen molar-refractivity contribution in [2.75, 3.05) is 24.5 Å². The fourth-order valence-corrected chi connectivity index (χ4v) is 4.97. The fourth-order valence-electron chi connectivity index (χ4n) is 4.97. The summed E-state index contributed by atoms with van der Waals surface area (Å²) >= 11 is 0. The summed E-state index contributed by atoms with van der Waals surface area (Å²) in [5.74, 6) is 1.96. The molecule has 2 aromatic carbocycles. The summed E-state index contributed by atoms with van der Waals surface area (Å²) in [4.78, 5) is 21.7. The molecular formula is C28H32N4O2. The Kier molecular flexibility index (Phi) is 5.98. The lowest BCUT2D eigenvalue weighted by Gasteiger charge is -2.35. The molecular weight excluding hydrogens is 424 g/mol. The summed E-state index contributed by atoms with van der Waals surface area (Å²) in [6, 6.07) is 14.4. The van der Waals surface area contributed by atoms with Gasteiger partial charge in [0.15, 0.2) is 0 Å². The Hall–Kier alpha value is -3.41. The van der Waals surface area contributed by atoms with Gasteiger partial charge >= 0.3 is 0 Å². The van der Waals surface area contributed by atoms with E-state index in [0.29, 0.717) is 18.8 Å². The fraction of sp³-hybridized carbons (Fsp3) is 0.393. The number of anilines is 1. The van der Waals surface area contributed by atoms with Crippen molar-refractivity contribution in [3.8, 4) is 11.4 Å². The molecule has 3 heterocycles. The number of benzene rings is 2. The van der Waals surface area contributed by atoms with Gasteiger partial charge in [0.1, 0.15) is 0 Å². The number of aryl methyl sites for hydroxylation is 3. The first-order valence-electron chi connectivity index (χ1n) is 12.1. The van der Waals surface area contributed by atoms with Gasteiger partial charge in [-0.3, -0.25) is 4.79 Å². The molecule has 176 valence electrons. The number of rotatable bonds is 5. The lowest BCUT2D eigenvalue weighted by atomic mass is 9.94. The minimum absolute atomic E-state index is 0.155. The lowest BCUT2D eigenvalue weighted by Crippen LogP contribution is -2.35. The molecule has 2 aliphatic rings. The first kappa shape index (κ1) is 22.4. The van der Waals surface area contributed by atoms with Crippen LogP contribution in [-0.4, -0.2) is 40.6 Å². The summed E-state index contributed by atoms with van der Waals surface area (Å²) in [6.07, 6.45) is 2.40. The van der Waals surface area contributed by atoms with Gasteiger partial charge in [0.2, 0.25) is 17.6 Å². The van der Waals surface area contributed by atoms with Crippen LogP contribution in [0.3, 0.4) is 0 Å². The van der Waals surface area contributed by atoms with Crippen molar-refractivity contribution in [1.82, 2.24) is 15.0 Å². The van der Waals surface area contributed by atoms with Gasteiger partial charge in [0.05, 0.1) is 0 Å². The lowest BCUT2D eigenvalue weighted by molar-refractivity contribution is -0.117. The van der Waals surface area contributed by atoms with Gasteiger partial charge in [-0.2, -0.15) is 4.98 Å². The Balaban J connectivity index is 1.19. The maximum atomic E-state index is 12.8. The molecule has 6 nitrogen and oxygen atoms in total. The van der Waals surface area contributed by atoms with Gasteiger partial charge in [-0.1, -0.05) is 47.6 Å². The Morgan fingerprint density at radius 1 is 1.03 bits per heavy atom. The van der Waals surface area contributed by atoms with E-state index < -0.39 is 0 Å². The number of carbonyl (C=O) groups is 1. The highest BCUT2D eigenvalue weighted by molar-refractivity contribution is 5.96. The average molecular weight is 457 g/mol. The third kappa shape index (κ3) is 4.37. The van der Waals surface area contributed by atoms with Crippen molar-refractivity contribution < 1.29 is 9.32 Å². The smallest absolute Gasteiger partial charge is 0.230 e. The zero-order valence-electron chi connectivity index (χ0n) is 20.3. The van der Waals surface area contributed by atoms with E-state index in [9.17, 15) is 4.79 Å². The quantitative estimate of drug-likeness (QED) is 0.514. The van der Waals surface area contributed by atoms with Crippen LogP contribution in [0.1, 0.15) is 47.8 Å². The molecule has 2 saturated heterocycles. The Bertz CT molecular complexity index is 1210. The molecule has 2 aliphatic heterocycles. The SMILES string of the molecule is C=C(C1CC(=O)N(c2ccc(C)c(C)c2)C1)N1CCC(c2nc(-c3ccc(C)cc3)no2)CC1. The minimum atomic E-state index is 0.155. The van der Waals surface area contributed by atoms with E-state index in [1.165, 1.54) is 16.7 Å². The van der Waals surface area contributed by atoms with Crippen molar-refractivity contribution in [2.45, 2.75) is 46.0 Å². The van der Waals surface area contributed by atoms with Crippen LogP contribution in [0.15, 0.2) is 59.3 Å². The second-order valence-corrected chi connectivity index (χ2v) is 9.75. The van der Waals surface area contributed by atoms with E-state index in [1.807, 2.05) is 23.1 Å². The van der Waals surface area contributed by atoms with Crippen LogP contribution in [0.2, 0.25) is 0 Å². The zero-order chi connectivity index (χ0) is 23.8. The van der Waals surface area contributed by atoms with Crippen molar-refractivity contribution in [1.29, 1.82) is 0 Å². The number of piperidine rings is 1. The van der Waals surface area contributed by atoms with Crippen LogP contribution in [0.5, 0.6) is 0 Å². The van der Waals surface area contributed by atoms with Gasteiger partial charge in [0, 0.05) is 54.8 Å². The van der Waals surface area contributed by atoms with Crippen molar-refractivity contribution >= 4 is 11.6 Å². The van der Waals surface area contributed by atoms with Crippen molar-refractivity contribution in [3.05, 3.63) is 77.3 Å². The standard InChI is InChI=1S/C28H32N4O2/c1-18-5-8-22(9-6-18)27-29-28(34-30-27)23-11-13-31(14-12-23)21(4)24-16-26(33)32(17-24)25-10-7-19(2)20(3)15-25/h5-10,15,23-24H,4,11-14,16-17H2,1-3H3. The molecule has 2 fully saturated rings. The number of carbonyl (C=O) groups excluding carboxylic acids is 1. The van der Waals surface area contributed by atoms with Gasteiger partial charge in [-0.05, 0) is 56.9 Å². The molecule has 1 atom stereocenters. The highest BCUT2D eigenvalue weighted by atomic mass is 16.5. The normalized spacial score (nSPS) is 19.1. The largest absolute Gasteiger partial charge is 0.375 e. The third-order valence-corrected chi connectivity index (χ3v) is 7.40. The first-order valence-corrected chi connectivity index (χ1v) is 12.1. The topological polar surface area (TPSA) is 62.5 Å². The van der Waals surface area contributed by atoms with Crippen LogP contribution in [0.4, 0.5) is 5.69 Å². The number of nitrogens with zero attached hydrogens (tertiary/aromatic N) is 4. The van der Waals surface area contributed by atoms with E-state index in [2.05, 4.69) is 66.7 Å². The summed E-state index contributed by atoms with van der Waals surface area (Å²) in [5, 5.41) is 4.21. The number of hydrogen-bond acceptors (Lipinski definition) is 5. The molecule has 0 bridgehead atoms. The van der Waals surface area contributed by atoms with Crippen LogP contribution < -0.4 is 4.90 Å². The van der Waals surface area contributed by atoms with E-state index >= 15 is 0 Å². The summed E-state index contributed by atoms with van der Waals surface area (Å²) < 4.78 is 5.63. The number of hydrogen-bond donors (Lipinski definition) is 0. The monoisotopic (exact) mass is 456 g/mol. The van der Waals surface area contributed by atoms with Gasteiger partial charge in [-0.25, -0.2) is 0 Å². The molecule has 34 heavy (non-hydrogen) atoms. The van der Waals surface area contributed by atoms with Crippen molar-refractivity contribution in [2.24, 2.45) is 5.92 Å². The number of aromatic nitrogens is 2. The second-order valence-electron chi connectivity index (χ2n) is 9.75. The number of likely N-dealkylation sites (tertiary alicyclic amines) is 1. The van der Waals surface area contributed by atoms with Crippen molar-refractivity contribution in [3.63, 3.8) is 0 Å².